The zero-order valence-corrected chi connectivity index (χ0v) is 34.5. The average molecular weight is 804 g/mol. The van der Waals surface area contributed by atoms with Gasteiger partial charge in [-0.15, -0.1) is 0 Å². The van der Waals surface area contributed by atoms with Crippen molar-refractivity contribution in [3.8, 4) is 16.9 Å². The summed E-state index contributed by atoms with van der Waals surface area (Å²) >= 11 is 0. The van der Waals surface area contributed by atoms with Crippen LogP contribution >= 0.6 is 0 Å². The molecule has 1 spiro atoms. The third-order valence-electron chi connectivity index (χ3n) is 12.5. The minimum absolute atomic E-state index is 0.0181. The Kier molecular flexibility index (Phi) is 10.9. The first kappa shape index (κ1) is 40.4. The van der Waals surface area contributed by atoms with Gasteiger partial charge in [0.2, 0.25) is 0 Å². The number of likely N-dealkylation sites (tertiary alicyclic amines) is 2. The zero-order valence-electron chi connectivity index (χ0n) is 34.5. The summed E-state index contributed by atoms with van der Waals surface area (Å²) in [7, 11) is 0. The van der Waals surface area contributed by atoms with Crippen LogP contribution in [0.15, 0.2) is 31.0 Å². The van der Waals surface area contributed by atoms with Gasteiger partial charge in [0, 0.05) is 60.5 Å². The van der Waals surface area contributed by atoms with Gasteiger partial charge >= 0.3 is 12.3 Å². The van der Waals surface area contributed by atoms with Gasteiger partial charge in [-0.25, -0.2) is 19.4 Å². The van der Waals surface area contributed by atoms with Crippen molar-refractivity contribution in [1.82, 2.24) is 29.5 Å². The molecule has 4 aromatic rings. The van der Waals surface area contributed by atoms with Crippen molar-refractivity contribution in [1.29, 1.82) is 0 Å². The number of carbonyl (C=O) groups is 1. The number of aryl methyl sites for hydroxylation is 1. The van der Waals surface area contributed by atoms with Crippen LogP contribution in [0.5, 0.6) is 5.75 Å². The van der Waals surface area contributed by atoms with Crippen LogP contribution in [0.25, 0.3) is 39.0 Å². The first-order valence-corrected chi connectivity index (χ1v) is 20.9. The smallest absolute Gasteiger partial charge is 0.422 e. The first-order valence-electron chi connectivity index (χ1n) is 20.9. The molecule has 0 bridgehead atoms. The molecule has 1 amide bonds. The topological polar surface area (TPSA) is 98.1 Å². The van der Waals surface area contributed by atoms with E-state index in [1.165, 1.54) is 0 Å². The Labute approximate surface area is 338 Å². The molecule has 0 saturated carbocycles. The summed E-state index contributed by atoms with van der Waals surface area (Å²) in [5.41, 5.74) is 3.33. The molecule has 8 rings (SSSR count). The summed E-state index contributed by atoms with van der Waals surface area (Å²) in [5.74, 6) is 1.43. The quantitative estimate of drug-likeness (QED) is 0.173. The number of aromatic nitrogens is 4. The fourth-order valence-electron chi connectivity index (χ4n) is 9.34. The second-order valence-electron chi connectivity index (χ2n) is 17.7. The van der Waals surface area contributed by atoms with E-state index in [-0.39, 0.29) is 29.4 Å². The van der Waals surface area contributed by atoms with Crippen molar-refractivity contribution in [2.24, 2.45) is 5.41 Å². The lowest BCUT2D eigenvalue weighted by atomic mass is 9.72. The van der Waals surface area contributed by atoms with E-state index in [2.05, 4.69) is 23.3 Å². The first-order chi connectivity index (χ1) is 27.7. The minimum atomic E-state index is -4.60. The van der Waals surface area contributed by atoms with Crippen LogP contribution in [0.2, 0.25) is 0 Å². The van der Waals surface area contributed by atoms with Crippen LogP contribution in [-0.2, 0) is 9.47 Å². The number of nitrogens with zero attached hydrogens (tertiary/aromatic N) is 7. The van der Waals surface area contributed by atoms with Crippen LogP contribution < -0.4 is 9.64 Å². The molecule has 1 atom stereocenters. The van der Waals surface area contributed by atoms with Crippen LogP contribution in [-0.4, -0.2) is 106 Å². The zero-order chi connectivity index (χ0) is 41.0. The van der Waals surface area contributed by atoms with Gasteiger partial charge in [0.05, 0.1) is 11.7 Å². The van der Waals surface area contributed by atoms with E-state index < -0.39 is 18.4 Å². The highest BCUT2D eigenvalue weighted by Gasteiger charge is 2.48. The summed E-state index contributed by atoms with van der Waals surface area (Å²) in [4.78, 5) is 29.7. The molecule has 4 aliphatic rings. The van der Waals surface area contributed by atoms with E-state index in [1.807, 2.05) is 50.6 Å². The molecular formula is C44H56F3N7O4. The molecule has 4 fully saturated rings. The number of halogens is 3. The Balaban J connectivity index is 1.25. The predicted molar refractivity (Wildman–Crippen MR) is 219 cm³/mol. The minimum Gasteiger partial charge on any atom is -0.481 e. The summed E-state index contributed by atoms with van der Waals surface area (Å²) < 4.78 is 62.3. The third-order valence-corrected chi connectivity index (χ3v) is 12.5. The highest BCUT2D eigenvalue weighted by molar-refractivity contribution is 6.07. The van der Waals surface area contributed by atoms with Gasteiger partial charge in [0.15, 0.2) is 18.6 Å². The predicted octanol–water partition coefficient (Wildman–Crippen LogP) is 9.27. The molecular weight excluding hydrogens is 748 g/mol. The van der Waals surface area contributed by atoms with Crippen molar-refractivity contribution >= 4 is 39.8 Å². The molecule has 0 aliphatic carbocycles. The summed E-state index contributed by atoms with van der Waals surface area (Å²) in [6, 6.07) is 5.96. The highest BCUT2D eigenvalue weighted by Crippen LogP contribution is 2.48. The Hall–Kier alpha value is -4.43. The van der Waals surface area contributed by atoms with E-state index >= 15 is 0 Å². The monoisotopic (exact) mass is 803 g/mol. The van der Waals surface area contributed by atoms with Crippen LogP contribution in [0, 0.1) is 12.3 Å². The SMILES string of the molecule is C=Cc1cc2c(N3CCC4(CC3)CN(C(=O)OC(C)(C)C)C4)nc(C3CCN(CC)CC3)nc2c(OCC(F)(F)F)c1-c1c(C)ccc2c1cnn2C1CCCCO1. The molecule has 312 valence electrons. The normalized spacial score (nSPS) is 20.8. The largest absolute Gasteiger partial charge is 0.481 e. The molecule has 2 aromatic carbocycles. The second kappa shape index (κ2) is 15.6. The molecule has 58 heavy (non-hydrogen) atoms. The Morgan fingerprint density at radius 1 is 1.02 bits per heavy atom. The van der Waals surface area contributed by atoms with Gasteiger partial charge in [-0.2, -0.15) is 18.3 Å². The van der Waals surface area contributed by atoms with Gasteiger partial charge in [-0.05, 0) is 121 Å². The Morgan fingerprint density at radius 3 is 2.40 bits per heavy atom. The van der Waals surface area contributed by atoms with E-state index in [0.717, 1.165) is 86.6 Å². The molecule has 11 nitrogen and oxygen atoms in total. The number of carbonyl (C=O) groups excluding carboxylic acids is 1. The van der Waals surface area contributed by atoms with Crippen molar-refractivity contribution < 1.29 is 32.2 Å². The van der Waals surface area contributed by atoms with Crippen molar-refractivity contribution in [2.75, 3.05) is 63.9 Å². The molecule has 1 unspecified atom stereocenters. The lowest BCUT2D eigenvalue weighted by Crippen LogP contribution is -2.62. The van der Waals surface area contributed by atoms with Crippen LogP contribution in [0.3, 0.4) is 0 Å². The molecule has 0 N–H and O–H groups in total. The Bertz CT molecular complexity index is 2170. The van der Waals surface area contributed by atoms with E-state index in [4.69, 9.17) is 29.3 Å². The highest BCUT2D eigenvalue weighted by atomic mass is 19.4. The van der Waals surface area contributed by atoms with Crippen molar-refractivity contribution in [3.63, 3.8) is 0 Å². The maximum Gasteiger partial charge on any atom is 0.422 e. The van der Waals surface area contributed by atoms with Crippen LogP contribution in [0.1, 0.15) is 102 Å². The lowest BCUT2D eigenvalue weighted by Gasteiger charge is -2.53. The number of alkyl halides is 3. The molecule has 4 aliphatic heterocycles. The molecule has 4 saturated heterocycles. The number of amides is 1. The third kappa shape index (κ3) is 7.98. The fourth-order valence-corrected chi connectivity index (χ4v) is 9.34. The second-order valence-corrected chi connectivity index (χ2v) is 17.7. The van der Waals surface area contributed by atoms with Gasteiger partial charge < -0.3 is 28.9 Å². The molecule has 2 aromatic heterocycles. The van der Waals surface area contributed by atoms with Gasteiger partial charge in [0.25, 0.3) is 0 Å². The summed E-state index contributed by atoms with van der Waals surface area (Å²) in [5, 5.41) is 6.19. The van der Waals surface area contributed by atoms with Crippen molar-refractivity contribution in [2.45, 2.75) is 103 Å². The Morgan fingerprint density at radius 2 is 1.76 bits per heavy atom. The van der Waals surface area contributed by atoms with Gasteiger partial charge in [-0.1, -0.05) is 25.6 Å². The molecule has 14 heteroatoms. The number of benzene rings is 2. The number of rotatable bonds is 8. The average Bonchev–Trinajstić information content (AvgIpc) is 3.62. The molecule has 6 heterocycles. The van der Waals surface area contributed by atoms with E-state index in [1.54, 1.807) is 17.2 Å². The number of piperidine rings is 2. The lowest BCUT2D eigenvalue weighted by molar-refractivity contribution is -0.153. The number of anilines is 1. The number of hydrogen-bond donors (Lipinski definition) is 0. The maximum atomic E-state index is 14.2. The van der Waals surface area contributed by atoms with Gasteiger partial charge in [-0.3, -0.25) is 0 Å². The van der Waals surface area contributed by atoms with E-state index in [0.29, 0.717) is 66.5 Å². The fraction of sp³-hybridized carbons (Fsp3) is 0.591. The summed E-state index contributed by atoms with van der Waals surface area (Å²) in [6.45, 7) is 18.4. The summed E-state index contributed by atoms with van der Waals surface area (Å²) in [6.07, 6.45) is 4.57. The number of hydrogen-bond acceptors (Lipinski definition) is 9. The number of fused-ring (bicyclic) bond motifs is 2. The van der Waals surface area contributed by atoms with Crippen LogP contribution in [0.4, 0.5) is 23.8 Å². The van der Waals surface area contributed by atoms with E-state index in [9.17, 15) is 18.0 Å². The van der Waals surface area contributed by atoms with Crippen molar-refractivity contribution in [3.05, 3.63) is 47.9 Å². The van der Waals surface area contributed by atoms with Gasteiger partial charge in [0.1, 0.15) is 22.8 Å². The maximum absolute atomic E-state index is 14.2. The molecule has 0 radical (unpaired) electrons. The number of ether oxygens (including phenoxy) is 3. The standard InChI is InChI=1S/C44H56F3N7O4/c1-7-29-23-31-37(38(57-27-44(45,46)47)36(29)35-28(3)12-13-33-32(35)24-48-54(33)34-11-9-10-22-56-34)49-39(30-14-18-51(8-2)19-15-30)50-40(31)52-20-16-43(17-21-52)25-53(26-43)41(55)58-42(4,5)6/h7,12-13,23-24,30,34H,1,8-11,14-22,25-27H2,2-6H3.